The molecule has 184 valence electrons. The number of carbonyl (C=O) groups excluding carboxylic acids is 1. The molecule has 0 unspecified atom stereocenters. The van der Waals surface area contributed by atoms with E-state index in [0.29, 0.717) is 11.4 Å². The van der Waals surface area contributed by atoms with E-state index < -0.39 is 34.6 Å². The van der Waals surface area contributed by atoms with Gasteiger partial charge in [0.1, 0.15) is 0 Å². The summed E-state index contributed by atoms with van der Waals surface area (Å²) in [7, 11) is 0. The van der Waals surface area contributed by atoms with Gasteiger partial charge in [-0.2, -0.15) is 23.0 Å². The third kappa shape index (κ3) is 5.40. The summed E-state index contributed by atoms with van der Waals surface area (Å²) in [5.41, 5.74) is -1.28. The lowest BCUT2D eigenvalue weighted by Gasteiger charge is -2.13. The van der Waals surface area contributed by atoms with Gasteiger partial charge in [0.25, 0.3) is 11.5 Å². The minimum absolute atomic E-state index is 0.0171. The number of hydrogen-bond donors (Lipinski definition) is 1. The van der Waals surface area contributed by atoms with E-state index in [1.54, 1.807) is 55.6 Å². The zero-order valence-corrected chi connectivity index (χ0v) is 19.0. The van der Waals surface area contributed by atoms with E-state index in [9.17, 15) is 27.6 Å². The Hall–Kier alpha value is -4.54. The molecule has 0 atom stereocenters. The molecule has 0 saturated carbocycles. The summed E-state index contributed by atoms with van der Waals surface area (Å²) in [6, 6.07) is 15.9. The predicted molar refractivity (Wildman–Crippen MR) is 125 cm³/mol. The third-order valence-corrected chi connectivity index (χ3v) is 5.30. The second kappa shape index (κ2) is 9.98. The fourth-order valence-electron chi connectivity index (χ4n) is 3.46. The van der Waals surface area contributed by atoms with Crippen LogP contribution in [0.2, 0.25) is 0 Å². The van der Waals surface area contributed by atoms with Crippen LogP contribution in [0.15, 0.2) is 82.5 Å². The lowest BCUT2D eigenvalue weighted by molar-refractivity contribution is -0.137. The van der Waals surface area contributed by atoms with Gasteiger partial charge in [-0.1, -0.05) is 30.3 Å². The van der Waals surface area contributed by atoms with Crippen molar-refractivity contribution in [1.82, 2.24) is 24.6 Å². The van der Waals surface area contributed by atoms with Gasteiger partial charge in [0.15, 0.2) is 0 Å². The van der Waals surface area contributed by atoms with Crippen LogP contribution in [-0.4, -0.2) is 25.2 Å². The molecule has 0 radical (unpaired) electrons. The zero-order chi connectivity index (χ0) is 25.9. The molecule has 4 rings (SSSR count). The molecule has 11 heteroatoms. The van der Waals surface area contributed by atoms with Gasteiger partial charge in [-0.3, -0.25) is 19.1 Å². The van der Waals surface area contributed by atoms with Crippen molar-refractivity contribution in [1.29, 1.82) is 0 Å². The summed E-state index contributed by atoms with van der Waals surface area (Å²) in [6.45, 7) is 1.46. The molecule has 0 aliphatic heterocycles. The Labute approximate surface area is 202 Å². The lowest BCUT2D eigenvalue weighted by atomic mass is 10.1. The number of alkyl halides is 3. The summed E-state index contributed by atoms with van der Waals surface area (Å²) in [6.07, 6.45) is -2.97. The Balaban J connectivity index is 1.76. The summed E-state index contributed by atoms with van der Waals surface area (Å²) < 4.78 is 40.5. The first-order valence-corrected chi connectivity index (χ1v) is 10.8. The number of hydrogen-bond acceptors (Lipinski definition) is 5. The van der Waals surface area contributed by atoms with Gasteiger partial charge in [-0.05, 0) is 54.4 Å². The molecular formula is C25H20F3N5O3. The van der Waals surface area contributed by atoms with Gasteiger partial charge in [-0.25, -0.2) is 4.79 Å². The maximum atomic E-state index is 13.2. The molecular weight excluding hydrogens is 475 g/mol. The number of carbonyl (C=O) groups is 1. The second-order valence-corrected chi connectivity index (χ2v) is 7.97. The van der Waals surface area contributed by atoms with Crippen molar-refractivity contribution in [2.75, 3.05) is 0 Å². The number of nitrogens with zero attached hydrogens (tertiary/aromatic N) is 4. The molecule has 0 fully saturated rings. The number of halogens is 3. The number of aromatic nitrogens is 4. The van der Waals surface area contributed by atoms with Crippen LogP contribution in [0.25, 0.3) is 5.69 Å². The van der Waals surface area contributed by atoms with E-state index >= 15 is 0 Å². The Morgan fingerprint density at radius 3 is 2.39 bits per heavy atom. The summed E-state index contributed by atoms with van der Waals surface area (Å²) in [5.74, 6) is -0.826. The highest BCUT2D eigenvalue weighted by Crippen LogP contribution is 2.29. The molecule has 2 aromatic heterocycles. The Morgan fingerprint density at radius 1 is 1.00 bits per heavy atom. The quantitative estimate of drug-likeness (QED) is 0.443. The van der Waals surface area contributed by atoms with Gasteiger partial charge in [0.2, 0.25) is 5.69 Å². The van der Waals surface area contributed by atoms with E-state index in [0.717, 1.165) is 26.9 Å². The fourth-order valence-corrected chi connectivity index (χ4v) is 3.46. The molecule has 1 amide bonds. The molecule has 2 aromatic carbocycles. The Morgan fingerprint density at radius 2 is 1.75 bits per heavy atom. The lowest BCUT2D eigenvalue weighted by Crippen LogP contribution is -2.46. The van der Waals surface area contributed by atoms with Crippen LogP contribution in [0, 0.1) is 6.92 Å². The van der Waals surface area contributed by atoms with Crippen LogP contribution < -0.4 is 16.6 Å². The zero-order valence-electron chi connectivity index (χ0n) is 19.0. The number of pyridine rings is 1. The maximum Gasteiger partial charge on any atom is 0.416 e. The van der Waals surface area contributed by atoms with E-state index in [1.807, 2.05) is 0 Å². The minimum Gasteiger partial charge on any atom is -0.345 e. The minimum atomic E-state index is -4.53. The topological polar surface area (TPSA) is 98.9 Å². The fraction of sp³-hybridized carbons (Fsp3) is 0.160. The average Bonchev–Trinajstić information content (AvgIpc) is 2.85. The van der Waals surface area contributed by atoms with Crippen molar-refractivity contribution in [2.45, 2.75) is 26.2 Å². The van der Waals surface area contributed by atoms with Crippen molar-refractivity contribution in [3.05, 3.63) is 122 Å². The largest absolute Gasteiger partial charge is 0.416 e. The van der Waals surface area contributed by atoms with E-state index in [2.05, 4.69) is 15.4 Å². The van der Waals surface area contributed by atoms with Crippen molar-refractivity contribution >= 4 is 5.91 Å². The van der Waals surface area contributed by atoms with Crippen molar-refractivity contribution in [3.63, 3.8) is 0 Å². The normalized spacial score (nSPS) is 11.3. The van der Waals surface area contributed by atoms with Crippen LogP contribution in [0.3, 0.4) is 0 Å². The maximum absolute atomic E-state index is 13.2. The van der Waals surface area contributed by atoms with Crippen LogP contribution in [0.4, 0.5) is 13.2 Å². The molecule has 0 aliphatic rings. The van der Waals surface area contributed by atoms with Crippen LogP contribution in [-0.2, 0) is 19.3 Å². The van der Waals surface area contributed by atoms with Crippen LogP contribution in [0.1, 0.15) is 32.9 Å². The van der Waals surface area contributed by atoms with E-state index in [-0.39, 0.29) is 18.7 Å². The molecule has 1 N–H and O–H groups in total. The van der Waals surface area contributed by atoms with Crippen LogP contribution >= 0.6 is 0 Å². The summed E-state index contributed by atoms with van der Waals surface area (Å²) >= 11 is 0. The molecule has 36 heavy (non-hydrogen) atoms. The Bertz CT molecular complexity index is 1510. The summed E-state index contributed by atoms with van der Waals surface area (Å²) in [4.78, 5) is 43.4. The van der Waals surface area contributed by atoms with Gasteiger partial charge >= 0.3 is 11.9 Å². The first kappa shape index (κ1) is 24.6. The molecule has 0 spiro atoms. The van der Waals surface area contributed by atoms with E-state index in [4.69, 9.17) is 0 Å². The molecule has 0 aliphatic carbocycles. The van der Waals surface area contributed by atoms with Crippen molar-refractivity contribution in [2.24, 2.45) is 0 Å². The third-order valence-electron chi connectivity index (χ3n) is 5.30. The van der Waals surface area contributed by atoms with Crippen molar-refractivity contribution < 1.29 is 18.0 Å². The van der Waals surface area contributed by atoms with Gasteiger partial charge in [-0.15, -0.1) is 0 Å². The first-order valence-electron chi connectivity index (χ1n) is 10.8. The number of aryl methyl sites for hydroxylation is 1. The smallest absolute Gasteiger partial charge is 0.345 e. The number of amides is 1. The number of nitrogens with one attached hydrogen (secondary N) is 1. The van der Waals surface area contributed by atoms with Gasteiger partial charge in [0.05, 0.1) is 30.0 Å². The highest BCUT2D eigenvalue weighted by molar-refractivity contribution is 5.91. The molecule has 8 nitrogen and oxygen atoms in total. The standard InChI is InChI=1S/C25H20F3N5O3/c1-16-5-4-7-20(13-16)33-24(36)32(15-17-8-10-18(11-9-17)25(26,27)28)23(35)21(31-33)22(34)30-14-19-6-2-3-12-29-19/h2-13H,14-15H2,1H3,(H,30,34). The molecule has 2 heterocycles. The van der Waals surface area contributed by atoms with Gasteiger partial charge in [0, 0.05) is 6.20 Å². The Kier molecular flexibility index (Phi) is 6.82. The first-order chi connectivity index (χ1) is 17.1. The van der Waals surface area contributed by atoms with Crippen LogP contribution in [0.5, 0.6) is 0 Å². The molecule has 0 bridgehead atoms. The number of benzene rings is 2. The average molecular weight is 495 g/mol. The highest BCUT2D eigenvalue weighted by Gasteiger charge is 2.30. The monoisotopic (exact) mass is 495 g/mol. The SMILES string of the molecule is Cc1cccc(-n2nc(C(=O)NCc3ccccn3)c(=O)n(Cc3ccc(C(F)(F)F)cc3)c2=O)c1. The van der Waals surface area contributed by atoms with Crippen molar-refractivity contribution in [3.8, 4) is 5.69 Å². The van der Waals surface area contributed by atoms with E-state index in [1.165, 1.54) is 12.1 Å². The molecule has 0 saturated heterocycles. The summed E-state index contributed by atoms with van der Waals surface area (Å²) in [5, 5.41) is 6.60. The molecule has 4 aromatic rings. The highest BCUT2D eigenvalue weighted by atomic mass is 19.4. The number of rotatable bonds is 6. The predicted octanol–water partition coefficient (Wildman–Crippen LogP) is 3.09. The van der Waals surface area contributed by atoms with Gasteiger partial charge < -0.3 is 5.32 Å². The second-order valence-electron chi connectivity index (χ2n) is 7.97.